The summed E-state index contributed by atoms with van der Waals surface area (Å²) in [6.45, 7) is 4.61. The van der Waals surface area contributed by atoms with Gasteiger partial charge in [0.2, 0.25) is 5.91 Å². The van der Waals surface area contributed by atoms with Gasteiger partial charge in [-0.25, -0.2) is 19.9 Å². The molecule has 4 heterocycles. The van der Waals surface area contributed by atoms with Gasteiger partial charge in [-0.05, 0) is 49.2 Å². The molecule has 2 N–H and O–H groups in total. The number of aromatic nitrogens is 5. The number of anilines is 4. The molecular weight excluding hydrogens is 480 g/mol. The number of benzene rings is 1. The Hall–Kier alpha value is -4.05. The van der Waals surface area contributed by atoms with E-state index < -0.39 is 0 Å². The monoisotopic (exact) mass is 512 g/mol. The van der Waals surface area contributed by atoms with E-state index in [1.54, 1.807) is 0 Å². The number of imidazole rings is 1. The van der Waals surface area contributed by atoms with Gasteiger partial charge in [0, 0.05) is 49.2 Å². The highest BCUT2D eigenvalue weighted by Gasteiger charge is 2.22. The first-order valence-electron chi connectivity index (χ1n) is 13.3. The number of ether oxygens (including phenoxy) is 1. The van der Waals surface area contributed by atoms with E-state index in [0.717, 1.165) is 73.1 Å². The van der Waals surface area contributed by atoms with Crippen molar-refractivity contribution in [1.82, 2.24) is 24.5 Å². The second-order valence-electron chi connectivity index (χ2n) is 9.90. The van der Waals surface area contributed by atoms with Gasteiger partial charge in [-0.1, -0.05) is 19.3 Å². The molecule has 4 aromatic rings. The summed E-state index contributed by atoms with van der Waals surface area (Å²) in [5, 5.41) is 6.23. The van der Waals surface area contributed by atoms with Crippen LogP contribution in [0.1, 0.15) is 45.1 Å². The summed E-state index contributed by atoms with van der Waals surface area (Å²) in [4.78, 5) is 33.0. The van der Waals surface area contributed by atoms with Crippen LogP contribution in [0, 0.1) is 0 Å². The molecule has 1 aliphatic carbocycles. The Balaban J connectivity index is 1.36. The zero-order valence-corrected chi connectivity index (χ0v) is 21.6. The predicted octanol–water partition coefficient (Wildman–Crippen LogP) is 4.93. The number of rotatable bonds is 6. The molecule has 1 amide bonds. The SMILES string of the molecule is CC(=O)Nc1ccc(Nc2nc(-c3ccc(N4CCOCC4)nc3)nc3c2ncn3C2CCCCC2)cc1. The number of nitrogens with one attached hydrogen (secondary N) is 2. The van der Waals surface area contributed by atoms with E-state index in [0.29, 0.717) is 17.7 Å². The van der Waals surface area contributed by atoms with E-state index in [4.69, 9.17) is 24.7 Å². The summed E-state index contributed by atoms with van der Waals surface area (Å²) in [5.74, 6) is 2.08. The second kappa shape index (κ2) is 10.7. The van der Waals surface area contributed by atoms with Gasteiger partial charge in [-0.15, -0.1) is 0 Å². The molecule has 0 unspecified atom stereocenters. The van der Waals surface area contributed by atoms with Gasteiger partial charge in [0.05, 0.1) is 19.5 Å². The summed E-state index contributed by atoms with van der Waals surface area (Å²) in [7, 11) is 0. The molecular formula is C28H32N8O2. The minimum absolute atomic E-state index is 0.102. The number of fused-ring (bicyclic) bond motifs is 1. The number of hydrogen-bond acceptors (Lipinski definition) is 8. The smallest absolute Gasteiger partial charge is 0.221 e. The number of pyridine rings is 1. The molecule has 1 aromatic carbocycles. The third kappa shape index (κ3) is 5.17. The van der Waals surface area contributed by atoms with Crippen molar-refractivity contribution >= 4 is 40.1 Å². The maximum Gasteiger partial charge on any atom is 0.221 e. The predicted molar refractivity (Wildman–Crippen MR) is 148 cm³/mol. The van der Waals surface area contributed by atoms with Crippen LogP contribution in [0.3, 0.4) is 0 Å². The molecule has 0 spiro atoms. The highest BCUT2D eigenvalue weighted by molar-refractivity contribution is 5.90. The summed E-state index contributed by atoms with van der Waals surface area (Å²) in [6, 6.07) is 12.0. The lowest BCUT2D eigenvalue weighted by Crippen LogP contribution is -2.36. The maximum absolute atomic E-state index is 11.4. The van der Waals surface area contributed by atoms with Crippen molar-refractivity contribution in [2.75, 3.05) is 41.8 Å². The highest BCUT2D eigenvalue weighted by Crippen LogP contribution is 2.33. The van der Waals surface area contributed by atoms with Crippen LogP contribution < -0.4 is 15.5 Å². The molecule has 38 heavy (non-hydrogen) atoms. The summed E-state index contributed by atoms with van der Waals surface area (Å²) in [5.41, 5.74) is 4.01. The standard InChI is InChI=1S/C28H32N8O2/c1-19(37)31-21-8-10-22(11-9-21)32-27-25-28(36(18-30-25)23-5-3-2-4-6-23)34-26(33-27)20-7-12-24(29-17-20)35-13-15-38-16-14-35/h7-12,17-18,23H,2-6,13-16H2,1H3,(H,31,37)(H,32,33,34). The number of carbonyl (C=O) groups is 1. The first-order chi connectivity index (χ1) is 18.6. The van der Waals surface area contributed by atoms with Crippen LogP contribution in [-0.2, 0) is 9.53 Å². The average molecular weight is 513 g/mol. The molecule has 0 atom stereocenters. The van der Waals surface area contributed by atoms with Crippen molar-refractivity contribution in [3.05, 3.63) is 48.9 Å². The third-order valence-electron chi connectivity index (χ3n) is 7.20. The fourth-order valence-electron chi connectivity index (χ4n) is 5.23. The van der Waals surface area contributed by atoms with E-state index in [1.807, 2.05) is 48.9 Å². The van der Waals surface area contributed by atoms with E-state index >= 15 is 0 Å². The Labute approximate surface area is 221 Å². The first kappa shape index (κ1) is 24.3. The number of hydrogen-bond donors (Lipinski definition) is 2. The molecule has 2 fully saturated rings. The van der Waals surface area contributed by atoms with Gasteiger partial charge < -0.3 is 24.8 Å². The van der Waals surface area contributed by atoms with Crippen LogP contribution in [0.25, 0.3) is 22.6 Å². The van der Waals surface area contributed by atoms with Gasteiger partial charge in [-0.3, -0.25) is 4.79 Å². The minimum atomic E-state index is -0.102. The fourth-order valence-corrected chi connectivity index (χ4v) is 5.23. The van der Waals surface area contributed by atoms with Gasteiger partial charge in [0.1, 0.15) is 5.82 Å². The third-order valence-corrected chi connectivity index (χ3v) is 7.20. The Morgan fingerprint density at radius 2 is 1.71 bits per heavy atom. The summed E-state index contributed by atoms with van der Waals surface area (Å²) < 4.78 is 7.69. The van der Waals surface area contributed by atoms with Crippen LogP contribution in [0.4, 0.5) is 23.0 Å². The largest absolute Gasteiger partial charge is 0.378 e. The van der Waals surface area contributed by atoms with Crippen molar-refractivity contribution < 1.29 is 9.53 Å². The molecule has 196 valence electrons. The lowest BCUT2D eigenvalue weighted by atomic mass is 9.95. The topological polar surface area (TPSA) is 110 Å². The minimum Gasteiger partial charge on any atom is -0.378 e. The van der Waals surface area contributed by atoms with Crippen LogP contribution >= 0.6 is 0 Å². The van der Waals surface area contributed by atoms with Crippen molar-refractivity contribution in [2.45, 2.75) is 45.1 Å². The van der Waals surface area contributed by atoms with Crippen molar-refractivity contribution in [2.24, 2.45) is 0 Å². The van der Waals surface area contributed by atoms with Crippen molar-refractivity contribution in [3.63, 3.8) is 0 Å². The van der Waals surface area contributed by atoms with E-state index in [1.165, 1.54) is 26.2 Å². The number of amides is 1. The second-order valence-corrected chi connectivity index (χ2v) is 9.90. The van der Waals surface area contributed by atoms with Crippen LogP contribution in [-0.4, -0.2) is 56.7 Å². The lowest BCUT2D eigenvalue weighted by molar-refractivity contribution is -0.114. The zero-order valence-electron chi connectivity index (χ0n) is 21.6. The molecule has 0 bridgehead atoms. The Morgan fingerprint density at radius 3 is 2.42 bits per heavy atom. The normalized spacial score (nSPS) is 16.5. The van der Waals surface area contributed by atoms with Gasteiger partial charge in [-0.2, -0.15) is 0 Å². The molecule has 0 radical (unpaired) electrons. The van der Waals surface area contributed by atoms with Crippen molar-refractivity contribution in [1.29, 1.82) is 0 Å². The van der Waals surface area contributed by atoms with E-state index in [9.17, 15) is 4.79 Å². The van der Waals surface area contributed by atoms with E-state index in [-0.39, 0.29) is 5.91 Å². The molecule has 1 aliphatic heterocycles. The van der Waals surface area contributed by atoms with Crippen LogP contribution in [0.2, 0.25) is 0 Å². The first-order valence-corrected chi connectivity index (χ1v) is 13.3. The number of carbonyl (C=O) groups excluding carboxylic acids is 1. The van der Waals surface area contributed by atoms with E-state index in [2.05, 4.69) is 20.1 Å². The Bertz CT molecular complexity index is 1410. The zero-order chi connectivity index (χ0) is 25.9. The van der Waals surface area contributed by atoms with Gasteiger partial charge in [0.15, 0.2) is 22.8 Å². The molecule has 1 saturated carbocycles. The Morgan fingerprint density at radius 1 is 0.947 bits per heavy atom. The summed E-state index contributed by atoms with van der Waals surface area (Å²) >= 11 is 0. The highest BCUT2D eigenvalue weighted by atomic mass is 16.5. The molecule has 3 aromatic heterocycles. The average Bonchev–Trinajstić information content (AvgIpc) is 3.39. The molecule has 10 nitrogen and oxygen atoms in total. The van der Waals surface area contributed by atoms with Gasteiger partial charge in [0.25, 0.3) is 0 Å². The Kier molecular flexibility index (Phi) is 6.87. The summed E-state index contributed by atoms with van der Waals surface area (Å²) in [6.07, 6.45) is 9.75. The quantitative estimate of drug-likeness (QED) is 0.374. The van der Waals surface area contributed by atoms with Gasteiger partial charge >= 0.3 is 0 Å². The van der Waals surface area contributed by atoms with Crippen LogP contribution in [0.5, 0.6) is 0 Å². The molecule has 2 aliphatic rings. The lowest BCUT2D eigenvalue weighted by Gasteiger charge is -2.27. The van der Waals surface area contributed by atoms with Crippen LogP contribution in [0.15, 0.2) is 48.9 Å². The maximum atomic E-state index is 11.4. The number of morpholine rings is 1. The molecule has 1 saturated heterocycles. The number of nitrogens with zero attached hydrogens (tertiary/aromatic N) is 6. The molecule has 10 heteroatoms. The van der Waals surface area contributed by atoms with Crippen molar-refractivity contribution in [3.8, 4) is 11.4 Å². The fraction of sp³-hybridized carbons (Fsp3) is 0.393. The molecule has 6 rings (SSSR count).